The maximum absolute atomic E-state index is 13.2. The zero-order chi connectivity index (χ0) is 22.1. The fraction of sp³-hybridized carbons (Fsp3) is 0.136. The molecule has 1 heterocycles. The molecule has 0 aliphatic heterocycles. The van der Waals surface area contributed by atoms with Crippen LogP contribution in [0.5, 0.6) is 5.75 Å². The zero-order valence-electron chi connectivity index (χ0n) is 16.9. The second-order valence-electron chi connectivity index (χ2n) is 6.30. The first-order valence-corrected chi connectivity index (χ1v) is 11.0. The Morgan fingerprint density at radius 3 is 2.42 bits per heavy atom. The van der Waals surface area contributed by atoms with Gasteiger partial charge in [0, 0.05) is 6.20 Å². The number of carbonyl (C=O) groups excluding carboxylic acids is 1. The van der Waals surface area contributed by atoms with Crippen LogP contribution < -0.4 is 14.5 Å². The normalized spacial score (nSPS) is 11.3. The Morgan fingerprint density at radius 1 is 1.06 bits per heavy atom. The van der Waals surface area contributed by atoms with Crippen molar-refractivity contribution >= 4 is 27.8 Å². The predicted octanol–water partition coefficient (Wildman–Crippen LogP) is 2.83. The largest absolute Gasteiger partial charge is 0.494 e. The van der Waals surface area contributed by atoms with Gasteiger partial charge in [0.1, 0.15) is 12.3 Å². The van der Waals surface area contributed by atoms with Gasteiger partial charge in [-0.05, 0) is 55.5 Å². The highest BCUT2D eigenvalue weighted by Crippen LogP contribution is 2.25. The summed E-state index contributed by atoms with van der Waals surface area (Å²) in [5, 5.41) is 3.85. The lowest BCUT2D eigenvalue weighted by molar-refractivity contribution is -0.119. The van der Waals surface area contributed by atoms with E-state index in [-0.39, 0.29) is 4.90 Å². The summed E-state index contributed by atoms with van der Waals surface area (Å²) in [7, 11) is -3.98. The van der Waals surface area contributed by atoms with Crippen molar-refractivity contribution in [2.24, 2.45) is 5.10 Å². The highest BCUT2D eigenvalue weighted by molar-refractivity contribution is 7.92. The molecule has 0 atom stereocenters. The minimum Gasteiger partial charge on any atom is -0.494 e. The number of benzene rings is 2. The predicted molar refractivity (Wildman–Crippen MR) is 119 cm³/mol. The Kier molecular flexibility index (Phi) is 7.34. The van der Waals surface area contributed by atoms with Crippen LogP contribution >= 0.6 is 0 Å². The Balaban J connectivity index is 1.83. The number of anilines is 1. The fourth-order valence-corrected chi connectivity index (χ4v) is 4.14. The topological polar surface area (TPSA) is 101 Å². The van der Waals surface area contributed by atoms with Crippen LogP contribution in [0, 0.1) is 0 Å². The Bertz CT molecular complexity index is 1120. The maximum Gasteiger partial charge on any atom is 0.264 e. The average Bonchev–Trinajstić information content (AvgIpc) is 2.79. The maximum atomic E-state index is 13.2. The van der Waals surface area contributed by atoms with Gasteiger partial charge in [-0.15, -0.1) is 0 Å². The number of ether oxygens (including phenoxy) is 1. The van der Waals surface area contributed by atoms with Crippen LogP contribution in [0.3, 0.4) is 0 Å². The van der Waals surface area contributed by atoms with Crippen molar-refractivity contribution in [3.63, 3.8) is 0 Å². The lowest BCUT2D eigenvalue weighted by Gasteiger charge is -2.24. The molecule has 8 nitrogen and oxygen atoms in total. The van der Waals surface area contributed by atoms with Gasteiger partial charge in [-0.2, -0.15) is 5.10 Å². The van der Waals surface area contributed by atoms with Crippen molar-refractivity contribution in [3.8, 4) is 5.75 Å². The summed E-state index contributed by atoms with van der Waals surface area (Å²) in [6.45, 7) is 1.89. The van der Waals surface area contributed by atoms with Crippen molar-refractivity contribution in [1.29, 1.82) is 0 Å². The number of pyridine rings is 1. The molecule has 2 aromatic carbocycles. The number of nitrogens with zero attached hydrogens (tertiary/aromatic N) is 3. The van der Waals surface area contributed by atoms with Crippen LogP contribution in [-0.4, -0.2) is 38.7 Å². The Hall–Kier alpha value is -3.72. The molecule has 160 valence electrons. The fourth-order valence-electron chi connectivity index (χ4n) is 2.70. The zero-order valence-corrected chi connectivity index (χ0v) is 17.7. The Labute approximate surface area is 181 Å². The highest BCUT2D eigenvalue weighted by Gasteiger charge is 2.27. The lowest BCUT2D eigenvalue weighted by atomic mass is 10.3. The van der Waals surface area contributed by atoms with E-state index in [4.69, 9.17) is 4.74 Å². The first-order valence-electron chi connectivity index (χ1n) is 9.54. The van der Waals surface area contributed by atoms with Gasteiger partial charge in [0.05, 0.1) is 29.1 Å². The summed E-state index contributed by atoms with van der Waals surface area (Å²) in [5.41, 5.74) is 3.23. The number of nitrogens with one attached hydrogen (secondary N) is 1. The summed E-state index contributed by atoms with van der Waals surface area (Å²) in [6, 6.07) is 19.7. The summed E-state index contributed by atoms with van der Waals surface area (Å²) < 4.78 is 32.9. The first-order chi connectivity index (χ1) is 15.0. The van der Waals surface area contributed by atoms with Crippen LogP contribution in [0.4, 0.5) is 5.69 Å². The highest BCUT2D eigenvalue weighted by atomic mass is 32.2. The molecule has 0 radical (unpaired) electrons. The van der Waals surface area contributed by atoms with Gasteiger partial charge in [-0.3, -0.25) is 14.1 Å². The molecule has 0 spiro atoms. The molecule has 0 aliphatic rings. The molecule has 1 aromatic heterocycles. The molecule has 3 rings (SSSR count). The quantitative estimate of drug-likeness (QED) is 0.409. The third kappa shape index (κ3) is 5.89. The van der Waals surface area contributed by atoms with Crippen LogP contribution in [0.2, 0.25) is 0 Å². The van der Waals surface area contributed by atoms with Crippen LogP contribution in [0.15, 0.2) is 89.0 Å². The van der Waals surface area contributed by atoms with Crippen molar-refractivity contribution in [1.82, 2.24) is 10.4 Å². The van der Waals surface area contributed by atoms with E-state index in [0.29, 0.717) is 23.7 Å². The van der Waals surface area contributed by atoms with Crippen LogP contribution in [0.25, 0.3) is 0 Å². The van der Waals surface area contributed by atoms with E-state index >= 15 is 0 Å². The van der Waals surface area contributed by atoms with Crippen molar-refractivity contribution < 1.29 is 17.9 Å². The van der Waals surface area contributed by atoms with Gasteiger partial charge >= 0.3 is 0 Å². The first kappa shape index (κ1) is 22.0. The van der Waals surface area contributed by atoms with Crippen LogP contribution in [-0.2, 0) is 14.8 Å². The average molecular weight is 439 g/mol. The van der Waals surface area contributed by atoms with E-state index < -0.39 is 22.5 Å². The second-order valence-corrected chi connectivity index (χ2v) is 8.16. The summed E-state index contributed by atoms with van der Waals surface area (Å²) >= 11 is 0. The number of hydrogen-bond acceptors (Lipinski definition) is 6. The molecule has 0 aliphatic carbocycles. The second kappa shape index (κ2) is 10.4. The van der Waals surface area contributed by atoms with Gasteiger partial charge < -0.3 is 4.74 Å². The molecule has 0 bridgehead atoms. The number of hydrogen-bond donors (Lipinski definition) is 1. The van der Waals surface area contributed by atoms with Gasteiger partial charge in [-0.1, -0.05) is 24.3 Å². The molecule has 3 aromatic rings. The summed E-state index contributed by atoms with van der Waals surface area (Å²) in [6.07, 6.45) is 2.98. The van der Waals surface area contributed by atoms with E-state index in [1.807, 2.05) is 6.92 Å². The Morgan fingerprint density at radius 2 is 1.77 bits per heavy atom. The van der Waals surface area contributed by atoms with E-state index in [1.165, 1.54) is 18.3 Å². The van der Waals surface area contributed by atoms with Crippen molar-refractivity contribution in [3.05, 3.63) is 84.7 Å². The minimum absolute atomic E-state index is 0.0775. The lowest BCUT2D eigenvalue weighted by Crippen LogP contribution is -2.39. The van der Waals surface area contributed by atoms with E-state index in [0.717, 1.165) is 4.31 Å². The molecule has 1 N–H and O–H groups in total. The third-order valence-electron chi connectivity index (χ3n) is 4.13. The number of rotatable bonds is 9. The van der Waals surface area contributed by atoms with Gasteiger partial charge in [0.25, 0.3) is 15.9 Å². The molecule has 1 amide bonds. The molecular formula is C22H22N4O4S. The molecule has 9 heteroatoms. The van der Waals surface area contributed by atoms with Crippen molar-refractivity contribution in [2.75, 3.05) is 17.5 Å². The smallest absolute Gasteiger partial charge is 0.264 e. The molecule has 0 saturated heterocycles. The van der Waals surface area contributed by atoms with E-state index in [9.17, 15) is 13.2 Å². The van der Waals surface area contributed by atoms with E-state index in [1.54, 1.807) is 66.9 Å². The number of sulfonamides is 1. The van der Waals surface area contributed by atoms with Gasteiger partial charge in [0.15, 0.2) is 0 Å². The number of aromatic nitrogens is 1. The molecule has 31 heavy (non-hydrogen) atoms. The summed E-state index contributed by atoms with van der Waals surface area (Å²) in [5.74, 6) is 0.00768. The summed E-state index contributed by atoms with van der Waals surface area (Å²) in [4.78, 5) is 16.6. The molecule has 0 saturated carbocycles. The third-order valence-corrected chi connectivity index (χ3v) is 5.92. The van der Waals surface area contributed by atoms with Gasteiger partial charge in [0.2, 0.25) is 0 Å². The number of hydrazone groups is 1. The molecule has 0 fully saturated rings. The minimum atomic E-state index is -3.98. The van der Waals surface area contributed by atoms with Crippen molar-refractivity contribution in [2.45, 2.75) is 11.8 Å². The van der Waals surface area contributed by atoms with E-state index in [2.05, 4.69) is 15.5 Å². The SMILES string of the molecule is CCOc1ccc(N(CC(=O)N/N=C\c2ccccn2)S(=O)(=O)c2ccccc2)cc1. The molecular weight excluding hydrogens is 416 g/mol. The standard InChI is InChI=1S/C22H22N4O4S/c1-2-30-20-13-11-19(12-14-20)26(31(28,29)21-9-4-3-5-10-21)17-22(27)25-24-16-18-8-6-7-15-23-18/h3-16H,2,17H2,1H3,(H,25,27)/b24-16-. The van der Waals surface area contributed by atoms with Crippen LogP contribution in [0.1, 0.15) is 12.6 Å². The molecule has 0 unspecified atom stereocenters. The number of amides is 1. The van der Waals surface area contributed by atoms with Gasteiger partial charge in [-0.25, -0.2) is 13.8 Å². The monoisotopic (exact) mass is 438 g/mol. The number of carbonyl (C=O) groups is 1.